The molecule has 0 radical (unpaired) electrons. The highest BCUT2D eigenvalue weighted by Crippen LogP contribution is 2.34. The summed E-state index contributed by atoms with van der Waals surface area (Å²) in [5.74, 6) is -0.321. The Morgan fingerprint density at radius 3 is 2.52 bits per heavy atom. The SMILES string of the molecule is COC(=O)c1ccc(C=C2CCc3nc(-c4ccccc4)sc3C2=O)cc1. The zero-order valence-corrected chi connectivity index (χ0v) is 15.6. The first-order valence-electron chi connectivity index (χ1n) is 8.64. The summed E-state index contributed by atoms with van der Waals surface area (Å²) in [4.78, 5) is 29.8. The maximum atomic E-state index is 12.9. The number of thiazole rings is 1. The third-order valence-electron chi connectivity index (χ3n) is 4.52. The van der Waals surface area contributed by atoms with E-state index in [0.717, 1.165) is 38.7 Å². The van der Waals surface area contributed by atoms with E-state index in [-0.39, 0.29) is 11.8 Å². The lowest BCUT2D eigenvalue weighted by atomic mass is 9.94. The molecule has 4 nitrogen and oxygen atoms in total. The molecule has 0 aliphatic heterocycles. The average Bonchev–Trinajstić information content (AvgIpc) is 3.16. The Hall–Kier alpha value is -3.05. The maximum absolute atomic E-state index is 12.9. The van der Waals surface area contributed by atoms with Gasteiger partial charge in [-0.25, -0.2) is 9.78 Å². The van der Waals surface area contributed by atoms with Crippen LogP contribution in [0.25, 0.3) is 16.6 Å². The van der Waals surface area contributed by atoms with E-state index in [9.17, 15) is 9.59 Å². The Bertz CT molecular complexity index is 1030. The van der Waals surface area contributed by atoms with E-state index in [1.807, 2.05) is 48.5 Å². The molecule has 1 aliphatic carbocycles. The summed E-state index contributed by atoms with van der Waals surface area (Å²) in [5, 5.41) is 0.887. The van der Waals surface area contributed by atoms with Crippen molar-refractivity contribution in [1.82, 2.24) is 4.98 Å². The summed E-state index contributed by atoms with van der Waals surface area (Å²) in [6.45, 7) is 0. The molecule has 1 aliphatic rings. The normalized spacial score (nSPS) is 14.9. The van der Waals surface area contributed by atoms with Crippen molar-refractivity contribution in [3.8, 4) is 10.6 Å². The van der Waals surface area contributed by atoms with Gasteiger partial charge in [0, 0.05) is 11.1 Å². The first-order chi connectivity index (χ1) is 13.2. The molecule has 0 bridgehead atoms. The summed E-state index contributed by atoms with van der Waals surface area (Å²) in [6.07, 6.45) is 3.33. The molecule has 0 amide bonds. The number of hydrogen-bond donors (Lipinski definition) is 0. The van der Waals surface area contributed by atoms with Crippen molar-refractivity contribution in [2.75, 3.05) is 7.11 Å². The van der Waals surface area contributed by atoms with Gasteiger partial charge in [0.05, 0.1) is 23.2 Å². The molecule has 0 spiro atoms. The van der Waals surface area contributed by atoms with Crippen LogP contribution in [0.3, 0.4) is 0 Å². The number of aryl methyl sites for hydroxylation is 1. The zero-order chi connectivity index (χ0) is 18.8. The quantitative estimate of drug-likeness (QED) is 0.487. The topological polar surface area (TPSA) is 56.3 Å². The molecule has 0 N–H and O–H groups in total. The number of rotatable bonds is 3. The number of aromatic nitrogens is 1. The van der Waals surface area contributed by atoms with Gasteiger partial charge in [-0.15, -0.1) is 11.3 Å². The Kier molecular flexibility index (Phi) is 4.69. The van der Waals surface area contributed by atoms with E-state index < -0.39 is 0 Å². The van der Waals surface area contributed by atoms with Crippen LogP contribution in [0.15, 0.2) is 60.2 Å². The minimum atomic E-state index is -0.370. The van der Waals surface area contributed by atoms with Crippen LogP contribution in [0.1, 0.15) is 37.7 Å². The molecule has 27 heavy (non-hydrogen) atoms. The molecule has 2 aromatic carbocycles. The number of Topliss-reactive ketones (excluding diaryl/α,β-unsaturated/α-hetero) is 1. The second-order valence-corrected chi connectivity index (χ2v) is 7.27. The lowest BCUT2D eigenvalue weighted by Gasteiger charge is -2.12. The van der Waals surface area contributed by atoms with Gasteiger partial charge in [-0.1, -0.05) is 42.5 Å². The average molecular weight is 375 g/mol. The van der Waals surface area contributed by atoms with Gasteiger partial charge < -0.3 is 4.74 Å². The second-order valence-electron chi connectivity index (χ2n) is 6.27. The van der Waals surface area contributed by atoms with Crippen LogP contribution in [0.4, 0.5) is 0 Å². The summed E-state index contributed by atoms with van der Waals surface area (Å²) in [6, 6.07) is 17.0. The minimum absolute atomic E-state index is 0.0491. The fraction of sp³-hybridized carbons (Fsp3) is 0.136. The number of nitrogens with zero attached hydrogens (tertiary/aromatic N) is 1. The van der Waals surface area contributed by atoms with Gasteiger partial charge in [0.25, 0.3) is 0 Å². The number of methoxy groups -OCH3 is 1. The zero-order valence-electron chi connectivity index (χ0n) is 14.8. The lowest BCUT2D eigenvalue weighted by molar-refractivity contribution is 0.0600. The van der Waals surface area contributed by atoms with Gasteiger partial charge in [0.1, 0.15) is 5.01 Å². The number of esters is 1. The van der Waals surface area contributed by atoms with Crippen LogP contribution < -0.4 is 0 Å². The Labute approximate surface area is 161 Å². The number of carbonyl (C=O) groups excluding carboxylic acids is 2. The summed E-state index contributed by atoms with van der Waals surface area (Å²) >= 11 is 1.46. The van der Waals surface area contributed by atoms with E-state index >= 15 is 0 Å². The molecule has 3 aromatic rings. The third kappa shape index (κ3) is 3.46. The molecule has 1 heterocycles. The monoisotopic (exact) mass is 375 g/mol. The fourth-order valence-corrected chi connectivity index (χ4v) is 4.18. The molecule has 0 saturated heterocycles. The van der Waals surface area contributed by atoms with Crippen molar-refractivity contribution in [3.05, 3.63) is 81.9 Å². The Balaban J connectivity index is 1.61. The number of ketones is 1. The summed E-state index contributed by atoms with van der Waals surface area (Å²) < 4.78 is 4.71. The Morgan fingerprint density at radius 1 is 1.07 bits per heavy atom. The van der Waals surface area contributed by atoms with Crippen LogP contribution in [0.2, 0.25) is 0 Å². The number of carbonyl (C=O) groups is 2. The second kappa shape index (κ2) is 7.29. The molecule has 0 saturated carbocycles. The molecular weight excluding hydrogens is 358 g/mol. The van der Waals surface area contributed by atoms with Crippen LogP contribution in [-0.4, -0.2) is 23.8 Å². The van der Waals surface area contributed by atoms with E-state index in [4.69, 9.17) is 4.74 Å². The van der Waals surface area contributed by atoms with E-state index in [0.29, 0.717) is 12.0 Å². The van der Waals surface area contributed by atoms with Crippen molar-refractivity contribution < 1.29 is 14.3 Å². The van der Waals surface area contributed by atoms with Crippen LogP contribution in [0.5, 0.6) is 0 Å². The maximum Gasteiger partial charge on any atom is 0.337 e. The molecule has 0 fully saturated rings. The highest BCUT2D eigenvalue weighted by Gasteiger charge is 2.26. The Morgan fingerprint density at radius 2 is 1.81 bits per heavy atom. The first kappa shape index (κ1) is 17.4. The van der Waals surface area contributed by atoms with Crippen LogP contribution >= 0.6 is 11.3 Å². The number of benzene rings is 2. The van der Waals surface area contributed by atoms with Crippen LogP contribution in [-0.2, 0) is 11.2 Å². The van der Waals surface area contributed by atoms with Gasteiger partial charge >= 0.3 is 5.97 Å². The van der Waals surface area contributed by atoms with Gasteiger partial charge in [-0.3, -0.25) is 4.79 Å². The van der Waals surface area contributed by atoms with Crippen molar-refractivity contribution in [1.29, 1.82) is 0 Å². The standard InChI is InChI=1S/C22H17NO3S/c1-26-22(25)16-9-7-14(8-10-16)13-17-11-12-18-20(19(17)24)27-21(23-18)15-5-3-2-4-6-15/h2-10,13H,11-12H2,1H3. The molecule has 4 rings (SSSR count). The number of allylic oxidation sites excluding steroid dienone is 1. The molecule has 0 atom stereocenters. The van der Waals surface area contributed by atoms with E-state index in [1.165, 1.54) is 18.4 Å². The van der Waals surface area contributed by atoms with Crippen molar-refractivity contribution in [2.45, 2.75) is 12.8 Å². The molecular formula is C22H17NO3S. The smallest absolute Gasteiger partial charge is 0.337 e. The van der Waals surface area contributed by atoms with Crippen LogP contribution in [0, 0.1) is 0 Å². The highest BCUT2D eigenvalue weighted by molar-refractivity contribution is 7.17. The predicted molar refractivity (Wildman–Crippen MR) is 106 cm³/mol. The summed E-state index contributed by atoms with van der Waals surface area (Å²) in [7, 11) is 1.36. The van der Waals surface area contributed by atoms with Gasteiger partial charge in [-0.2, -0.15) is 0 Å². The number of hydrogen-bond acceptors (Lipinski definition) is 5. The minimum Gasteiger partial charge on any atom is -0.465 e. The first-order valence-corrected chi connectivity index (χ1v) is 9.46. The molecule has 5 heteroatoms. The van der Waals surface area contributed by atoms with Gasteiger partial charge in [0.15, 0.2) is 0 Å². The fourth-order valence-electron chi connectivity index (χ4n) is 3.09. The van der Waals surface area contributed by atoms with Gasteiger partial charge in [-0.05, 0) is 36.6 Å². The number of fused-ring (bicyclic) bond motifs is 1. The largest absolute Gasteiger partial charge is 0.465 e. The lowest BCUT2D eigenvalue weighted by Crippen LogP contribution is -2.12. The molecule has 134 valence electrons. The van der Waals surface area contributed by atoms with Gasteiger partial charge in [0.2, 0.25) is 5.78 Å². The summed E-state index contributed by atoms with van der Waals surface area (Å²) in [5.41, 5.74) is 4.08. The predicted octanol–water partition coefficient (Wildman–Crippen LogP) is 4.81. The number of ether oxygens (including phenoxy) is 1. The molecule has 0 unspecified atom stereocenters. The third-order valence-corrected chi connectivity index (χ3v) is 5.67. The highest BCUT2D eigenvalue weighted by atomic mass is 32.1. The van der Waals surface area contributed by atoms with Crippen molar-refractivity contribution in [2.24, 2.45) is 0 Å². The van der Waals surface area contributed by atoms with Crippen molar-refractivity contribution >= 4 is 29.2 Å². The van der Waals surface area contributed by atoms with Crippen molar-refractivity contribution in [3.63, 3.8) is 0 Å². The van der Waals surface area contributed by atoms with E-state index in [1.54, 1.807) is 12.1 Å². The van der Waals surface area contributed by atoms with E-state index in [2.05, 4.69) is 4.98 Å². The molecule has 1 aromatic heterocycles.